The summed E-state index contributed by atoms with van der Waals surface area (Å²) >= 11 is 1.51. The molecule has 31 heavy (non-hydrogen) atoms. The van der Waals surface area contributed by atoms with Crippen LogP contribution in [0.1, 0.15) is 34.3 Å². The zero-order valence-electron chi connectivity index (χ0n) is 16.9. The number of carbonyl (C=O) groups is 1. The van der Waals surface area contributed by atoms with Crippen molar-refractivity contribution < 1.29 is 4.79 Å². The Hall–Kier alpha value is -3.45. The third-order valence-electron chi connectivity index (χ3n) is 6.14. The van der Waals surface area contributed by atoms with Gasteiger partial charge in [-0.1, -0.05) is 24.3 Å². The molecule has 0 radical (unpaired) electrons. The number of thiophene rings is 1. The number of imidazole rings is 1. The zero-order chi connectivity index (χ0) is 20.8. The third kappa shape index (κ3) is 3.13. The molecule has 154 valence electrons. The van der Waals surface area contributed by atoms with Crippen LogP contribution in [0.4, 0.5) is 0 Å². The molecular formula is C24H21N5OS. The molecule has 0 atom stereocenters. The van der Waals surface area contributed by atoms with Crippen molar-refractivity contribution >= 4 is 33.7 Å². The number of hydrogen-bond acceptors (Lipinski definition) is 4. The molecule has 1 saturated heterocycles. The van der Waals surface area contributed by atoms with Gasteiger partial charge in [0.2, 0.25) is 0 Å². The standard InChI is InChI=1S/C24H21N5OS/c30-24(21-6-3-13-31-21)28-10-7-16(8-11-28)23-27-22(20-15-25-9-12-29(20)23)19-14-17-4-1-2-5-18(17)26-19/h1-6,9,12-16,26H,7-8,10-11H2. The summed E-state index contributed by atoms with van der Waals surface area (Å²) in [6.07, 6.45) is 7.50. The van der Waals surface area contributed by atoms with Gasteiger partial charge in [0.25, 0.3) is 5.91 Å². The van der Waals surface area contributed by atoms with Crippen LogP contribution >= 0.6 is 11.3 Å². The average molecular weight is 428 g/mol. The Morgan fingerprint density at radius 1 is 1.13 bits per heavy atom. The second-order valence-electron chi connectivity index (χ2n) is 7.96. The van der Waals surface area contributed by atoms with E-state index >= 15 is 0 Å². The number of H-pyrrole nitrogens is 1. The molecule has 0 saturated carbocycles. The maximum atomic E-state index is 12.7. The molecule has 1 amide bonds. The van der Waals surface area contributed by atoms with Crippen LogP contribution in [0.3, 0.4) is 0 Å². The molecule has 6 nitrogen and oxygen atoms in total. The Morgan fingerprint density at radius 3 is 2.81 bits per heavy atom. The van der Waals surface area contributed by atoms with Crippen molar-refractivity contribution in [3.8, 4) is 11.4 Å². The fraction of sp³-hybridized carbons (Fsp3) is 0.208. The molecule has 0 bridgehead atoms. The van der Waals surface area contributed by atoms with Gasteiger partial charge in [0, 0.05) is 42.3 Å². The molecule has 1 aliphatic rings. The number of hydrogen-bond donors (Lipinski definition) is 1. The fourth-order valence-electron chi connectivity index (χ4n) is 4.55. The zero-order valence-corrected chi connectivity index (χ0v) is 17.7. The summed E-state index contributed by atoms with van der Waals surface area (Å²) in [5, 5.41) is 3.13. The Kier molecular flexibility index (Phi) is 4.35. The number of para-hydroxylation sites is 1. The van der Waals surface area contributed by atoms with E-state index in [0.29, 0.717) is 5.92 Å². The van der Waals surface area contributed by atoms with E-state index in [0.717, 1.165) is 59.1 Å². The largest absolute Gasteiger partial charge is 0.353 e. The average Bonchev–Trinajstić information content (AvgIpc) is 3.57. The van der Waals surface area contributed by atoms with Gasteiger partial charge < -0.3 is 9.88 Å². The maximum Gasteiger partial charge on any atom is 0.263 e. The summed E-state index contributed by atoms with van der Waals surface area (Å²) < 4.78 is 2.16. The van der Waals surface area contributed by atoms with Crippen LogP contribution < -0.4 is 0 Å². The van der Waals surface area contributed by atoms with Crippen molar-refractivity contribution in [3.63, 3.8) is 0 Å². The monoisotopic (exact) mass is 427 g/mol. The van der Waals surface area contributed by atoms with Crippen LogP contribution in [0.15, 0.2) is 66.4 Å². The predicted octanol–water partition coefficient (Wildman–Crippen LogP) is 4.96. The van der Waals surface area contributed by atoms with E-state index in [1.165, 1.54) is 16.7 Å². The van der Waals surface area contributed by atoms with Crippen LogP contribution in [0.5, 0.6) is 0 Å². The Balaban J connectivity index is 1.32. The lowest BCUT2D eigenvalue weighted by atomic mass is 9.96. The number of benzene rings is 1. The van der Waals surface area contributed by atoms with E-state index in [2.05, 4.69) is 32.6 Å². The highest BCUT2D eigenvalue weighted by Crippen LogP contribution is 2.33. The molecule has 0 spiro atoms. The first-order chi connectivity index (χ1) is 15.3. The number of likely N-dealkylation sites (tertiary alicyclic amines) is 1. The lowest BCUT2D eigenvalue weighted by molar-refractivity contribution is 0.0716. The SMILES string of the molecule is O=C(c1cccs1)N1CCC(c2nc(-c3cc4ccccc4[nH]3)c3cnccn23)CC1. The second kappa shape index (κ2) is 7.35. The number of nitrogens with one attached hydrogen (secondary N) is 1. The van der Waals surface area contributed by atoms with Gasteiger partial charge in [-0.2, -0.15) is 0 Å². The van der Waals surface area contributed by atoms with Crippen LogP contribution in [0, 0.1) is 0 Å². The molecule has 1 fully saturated rings. The molecule has 7 heteroatoms. The van der Waals surface area contributed by atoms with Crippen LogP contribution in [0.2, 0.25) is 0 Å². The quantitative estimate of drug-likeness (QED) is 0.443. The number of nitrogens with zero attached hydrogens (tertiary/aromatic N) is 4. The van der Waals surface area contributed by atoms with Gasteiger partial charge in [0.1, 0.15) is 11.5 Å². The molecule has 1 aromatic carbocycles. The Bertz CT molecular complexity index is 1340. The van der Waals surface area contributed by atoms with E-state index in [1.54, 1.807) is 0 Å². The van der Waals surface area contributed by atoms with Gasteiger partial charge in [-0.25, -0.2) is 4.98 Å². The molecule has 1 N–H and O–H groups in total. The van der Waals surface area contributed by atoms with Gasteiger partial charge >= 0.3 is 0 Å². The summed E-state index contributed by atoms with van der Waals surface area (Å²) in [6, 6.07) is 14.2. The maximum absolute atomic E-state index is 12.7. The van der Waals surface area contributed by atoms with Crippen molar-refractivity contribution in [2.75, 3.05) is 13.1 Å². The minimum atomic E-state index is 0.143. The third-order valence-corrected chi connectivity index (χ3v) is 7.00. The highest BCUT2D eigenvalue weighted by Gasteiger charge is 2.28. The van der Waals surface area contributed by atoms with Gasteiger partial charge in [-0.05, 0) is 36.4 Å². The van der Waals surface area contributed by atoms with E-state index in [1.807, 2.05) is 53.1 Å². The molecule has 1 aliphatic heterocycles. The molecule has 4 aromatic heterocycles. The van der Waals surface area contributed by atoms with Gasteiger partial charge in [-0.15, -0.1) is 11.3 Å². The normalized spacial score (nSPS) is 15.2. The summed E-state index contributed by atoms with van der Waals surface area (Å²) in [7, 11) is 0. The molecule has 5 aromatic rings. The van der Waals surface area contributed by atoms with Gasteiger partial charge in [-0.3, -0.25) is 14.2 Å². The lowest BCUT2D eigenvalue weighted by Crippen LogP contribution is -2.37. The Labute approximate surface area is 183 Å². The number of rotatable bonds is 3. The predicted molar refractivity (Wildman–Crippen MR) is 122 cm³/mol. The molecular weight excluding hydrogens is 406 g/mol. The van der Waals surface area contributed by atoms with E-state index in [-0.39, 0.29) is 5.91 Å². The van der Waals surface area contributed by atoms with Crippen molar-refractivity contribution in [3.05, 3.63) is 77.1 Å². The summed E-state index contributed by atoms with van der Waals surface area (Å²) in [4.78, 5) is 28.4. The van der Waals surface area contributed by atoms with Crippen molar-refractivity contribution in [2.45, 2.75) is 18.8 Å². The molecule has 0 aliphatic carbocycles. The van der Waals surface area contributed by atoms with Crippen molar-refractivity contribution in [2.24, 2.45) is 0 Å². The number of fused-ring (bicyclic) bond motifs is 2. The summed E-state index contributed by atoms with van der Waals surface area (Å²) in [5.74, 6) is 1.50. The van der Waals surface area contributed by atoms with Crippen LogP contribution in [-0.4, -0.2) is 43.2 Å². The van der Waals surface area contributed by atoms with Crippen LogP contribution in [0.25, 0.3) is 27.8 Å². The van der Waals surface area contributed by atoms with Crippen molar-refractivity contribution in [1.82, 2.24) is 24.3 Å². The minimum absolute atomic E-state index is 0.143. The molecule has 5 heterocycles. The number of carbonyl (C=O) groups excluding carboxylic acids is 1. The first kappa shape index (κ1) is 18.3. The number of piperidine rings is 1. The second-order valence-corrected chi connectivity index (χ2v) is 8.91. The minimum Gasteiger partial charge on any atom is -0.353 e. The number of aromatic nitrogens is 4. The van der Waals surface area contributed by atoms with Crippen LogP contribution in [-0.2, 0) is 0 Å². The fourth-order valence-corrected chi connectivity index (χ4v) is 5.24. The van der Waals surface area contributed by atoms with Crippen molar-refractivity contribution in [1.29, 1.82) is 0 Å². The smallest absolute Gasteiger partial charge is 0.263 e. The molecule has 6 rings (SSSR count). The topological polar surface area (TPSA) is 66.3 Å². The van der Waals surface area contributed by atoms with E-state index < -0.39 is 0 Å². The summed E-state index contributed by atoms with van der Waals surface area (Å²) in [6.45, 7) is 1.51. The highest BCUT2D eigenvalue weighted by atomic mass is 32.1. The summed E-state index contributed by atoms with van der Waals surface area (Å²) in [5.41, 5.74) is 4.03. The number of aromatic amines is 1. The first-order valence-corrected chi connectivity index (χ1v) is 11.4. The van der Waals surface area contributed by atoms with E-state index in [4.69, 9.17) is 4.98 Å². The van der Waals surface area contributed by atoms with Gasteiger partial charge in [0.15, 0.2) is 0 Å². The van der Waals surface area contributed by atoms with Gasteiger partial charge in [0.05, 0.1) is 22.3 Å². The lowest BCUT2D eigenvalue weighted by Gasteiger charge is -2.31. The Morgan fingerprint density at radius 2 is 2.00 bits per heavy atom. The number of amides is 1. The highest BCUT2D eigenvalue weighted by molar-refractivity contribution is 7.12. The first-order valence-electron chi connectivity index (χ1n) is 10.5. The van der Waals surface area contributed by atoms with E-state index in [9.17, 15) is 4.79 Å². The molecule has 0 unspecified atom stereocenters.